The number of oxazole rings is 1. The minimum absolute atomic E-state index is 0.612. The summed E-state index contributed by atoms with van der Waals surface area (Å²) in [4.78, 5) is 6.85. The SMILES string of the molecule is N#Cc1ccc(-c2ccc(N(c3ccccc3)c3ccc(-c4nc5ccccc5o4)cc3)cc2)cc1. The fourth-order valence-corrected chi connectivity index (χ4v) is 4.31. The van der Waals surface area contributed by atoms with Crippen LogP contribution in [0, 0.1) is 11.3 Å². The highest BCUT2D eigenvalue weighted by molar-refractivity contribution is 5.80. The van der Waals surface area contributed by atoms with Gasteiger partial charge in [-0.25, -0.2) is 4.98 Å². The zero-order chi connectivity index (χ0) is 24.3. The lowest BCUT2D eigenvalue weighted by atomic mass is 10.0. The molecule has 0 fully saturated rings. The molecule has 1 heterocycles. The third-order valence-electron chi connectivity index (χ3n) is 6.15. The number of aromatic nitrogens is 1. The van der Waals surface area contributed by atoms with Crippen LogP contribution in [-0.4, -0.2) is 4.98 Å². The molecular weight excluding hydrogens is 442 g/mol. The van der Waals surface area contributed by atoms with E-state index >= 15 is 0 Å². The molecule has 0 N–H and O–H groups in total. The van der Waals surface area contributed by atoms with Gasteiger partial charge in [0, 0.05) is 22.6 Å². The van der Waals surface area contributed by atoms with Crippen LogP contribution < -0.4 is 4.90 Å². The lowest BCUT2D eigenvalue weighted by molar-refractivity contribution is 0.620. The summed E-state index contributed by atoms with van der Waals surface area (Å²) in [5.74, 6) is 0.612. The molecule has 0 aliphatic rings. The van der Waals surface area contributed by atoms with Crippen LogP contribution in [0.1, 0.15) is 5.56 Å². The first-order valence-electron chi connectivity index (χ1n) is 11.7. The predicted molar refractivity (Wildman–Crippen MR) is 144 cm³/mol. The van der Waals surface area contributed by atoms with Crippen LogP contribution in [0.25, 0.3) is 33.7 Å². The number of nitriles is 1. The molecule has 0 saturated heterocycles. The van der Waals surface area contributed by atoms with Gasteiger partial charge in [-0.15, -0.1) is 0 Å². The topological polar surface area (TPSA) is 53.1 Å². The average Bonchev–Trinajstić information content (AvgIpc) is 3.39. The number of anilines is 3. The number of fused-ring (bicyclic) bond motifs is 1. The highest BCUT2D eigenvalue weighted by Crippen LogP contribution is 2.36. The molecule has 0 unspecified atom stereocenters. The molecule has 0 atom stereocenters. The van der Waals surface area contributed by atoms with Crippen LogP contribution in [0.15, 0.2) is 132 Å². The molecule has 0 bridgehead atoms. The normalized spacial score (nSPS) is 10.8. The zero-order valence-corrected chi connectivity index (χ0v) is 19.4. The maximum Gasteiger partial charge on any atom is 0.227 e. The summed E-state index contributed by atoms with van der Waals surface area (Å²) >= 11 is 0. The average molecular weight is 464 g/mol. The molecule has 1 aromatic heterocycles. The minimum atomic E-state index is 0.612. The van der Waals surface area contributed by atoms with Gasteiger partial charge < -0.3 is 9.32 Å². The van der Waals surface area contributed by atoms with Crippen LogP contribution in [0.5, 0.6) is 0 Å². The van der Waals surface area contributed by atoms with Crippen molar-refractivity contribution in [3.63, 3.8) is 0 Å². The van der Waals surface area contributed by atoms with Crippen molar-refractivity contribution >= 4 is 28.2 Å². The maximum atomic E-state index is 9.06. The molecular formula is C32H21N3O. The molecule has 0 radical (unpaired) electrons. The lowest BCUT2D eigenvalue weighted by Crippen LogP contribution is -2.09. The number of hydrogen-bond acceptors (Lipinski definition) is 4. The quantitative estimate of drug-likeness (QED) is 0.257. The summed E-state index contributed by atoms with van der Waals surface area (Å²) in [6, 6.07) is 44.6. The number of benzene rings is 5. The summed E-state index contributed by atoms with van der Waals surface area (Å²) in [7, 11) is 0. The highest BCUT2D eigenvalue weighted by Gasteiger charge is 2.14. The van der Waals surface area contributed by atoms with Crippen molar-refractivity contribution in [1.29, 1.82) is 5.26 Å². The van der Waals surface area contributed by atoms with Gasteiger partial charge in [0.25, 0.3) is 0 Å². The molecule has 0 spiro atoms. The molecule has 0 aliphatic heterocycles. The van der Waals surface area contributed by atoms with Crippen LogP contribution >= 0.6 is 0 Å². The Balaban J connectivity index is 1.35. The molecule has 36 heavy (non-hydrogen) atoms. The molecule has 5 aromatic carbocycles. The van der Waals surface area contributed by atoms with Crippen molar-refractivity contribution in [3.8, 4) is 28.7 Å². The van der Waals surface area contributed by atoms with E-state index in [4.69, 9.17) is 9.68 Å². The first kappa shape index (κ1) is 21.4. The molecule has 6 aromatic rings. The van der Waals surface area contributed by atoms with E-state index in [0.717, 1.165) is 44.9 Å². The van der Waals surface area contributed by atoms with E-state index in [1.54, 1.807) is 0 Å². The Morgan fingerprint density at radius 3 is 1.69 bits per heavy atom. The van der Waals surface area contributed by atoms with E-state index in [1.165, 1.54) is 0 Å². The van der Waals surface area contributed by atoms with Gasteiger partial charge in [0.1, 0.15) is 5.52 Å². The highest BCUT2D eigenvalue weighted by atomic mass is 16.3. The van der Waals surface area contributed by atoms with Crippen molar-refractivity contribution in [2.24, 2.45) is 0 Å². The predicted octanol–water partition coefficient (Wildman–Crippen LogP) is 8.50. The molecule has 6 rings (SSSR count). The summed E-state index contributed by atoms with van der Waals surface area (Å²) in [5.41, 5.74) is 8.55. The van der Waals surface area contributed by atoms with Crippen molar-refractivity contribution < 1.29 is 4.42 Å². The Hall–Kier alpha value is -5.14. The van der Waals surface area contributed by atoms with Crippen molar-refractivity contribution in [1.82, 2.24) is 4.98 Å². The van der Waals surface area contributed by atoms with Crippen molar-refractivity contribution in [2.45, 2.75) is 0 Å². The van der Waals surface area contributed by atoms with E-state index in [-0.39, 0.29) is 0 Å². The smallest absolute Gasteiger partial charge is 0.227 e. The van der Waals surface area contributed by atoms with E-state index in [1.807, 2.05) is 78.9 Å². The molecule has 4 nitrogen and oxygen atoms in total. The number of rotatable bonds is 5. The Kier molecular flexibility index (Phi) is 5.50. The second-order valence-electron chi connectivity index (χ2n) is 8.44. The van der Waals surface area contributed by atoms with Crippen molar-refractivity contribution in [2.75, 3.05) is 4.90 Å². The zero-order valence-electron chi connectivity index (χ0n) is 19.4. The lowest BCUT2D eigenvalue weighted by Gasteiger charge is -2.25. The van der Waals surface area contributed by atoms with Crippen LogP contribution in [0.2, 0.25) is 0 Å². The fourth-order valence-electron chi connectivity index (χ4n) is 4.31. The largest absolute Gasteiger partial charge is 0.436 e. The van der Waals surface area contributed by atoms with Crippen LogP contribution in [0.4, 0.5) is 17.1 Å². The Morgan fingerprint density at radius 2 is 1.08 bits per heavy atom. The van der Waals surface area contributed by atoms with E-state index in [2.05, 4.69) is 64.5 Å². The Morgan fingerprint density at radius 1 is 0.556 bits per heavy atom. The minimum Gasteiger partial charge on any atom is -0.436 e. The van der Waals surface area contributed by atoms with Gasteiger partial charge in [-0.2, -0.15) is 5.26 Å². The van der Waals surface area contributed by atoms with Crippen molar-refractivity contribution in [3.05, 3.63) is 133 Å². The maximum absolute atomic E-state index is 9.06. The molecule has 170 valence electrons. The summed E-state index contributed by atoms with van der Waals surface area (Å²) in [6.45, 7) is 0. The monoisotopic (exact) mass is 463 g/mol. The van der Waals surface area contributed by atoms with Gasteiger partial charge >= 0.3 is 0 Å². The first-order chi connectivity index (χ1) is 17.8. The summed E-state index contributed by atoms with van der Waals surface area (Å²) < 4.78 is 5.95. The van der Waals surface area contributed by atoms with Gasteiger partial charge in [-0.1, -0.05) is 54.6 Å². The van der Waals surface area contributed by atoms with Gasteiger partial charge in [0.2, 0.25) is 5.89 Å². The van der Waals surface area contributed by atoms with E-state index in [0.29, 0.717) is 11.5 Å². The number of para-hydroxylation sites is 3. The summed E-state index contributed by atoms with van der Waals surface area (Å²) in [5, 5.41) is 9.06. The Labute approximate surface area is 209 Å². The summed E-state index contributed by atoms with van der Waals surface area (Å²) in [6.07, 6.45) is 0. The third kappa shape index (κ3) is 4.11. The van der Waals surface area contributed by atoms with E-state index < -0.39 is 0 Å². The Bertz CT molecular complexity index is 1630. The first-order valence-corrected chi connectivity index (χ1v) is 11.7. The molecule has 0 aliphatic carbocycles. The molecule has 4 heteroatoms. The van der Waals surface area contributed by atoms with Gasteiger partial charge in [0.15, 0.2) is 5.58 Å². The molecule has 0 saturated carbocycles. The standard InChI is InChI=1S/C32H21N3O/c33-22-23-10-12-24(13-11-23)25-14-18-28(19-15-25)35(27-6-2-1-3-7-27)29-20-16-26(17-21-29)32-34-30-8-4-5-9-31(30)36-32/h1-21H. The van der Waals surface area contributed by atoms with Crippen LogP contribution in [0.3, 0.4) is 0 Å². The van der Waals surface area contributed by atoms with Gasteiger partial charge in [-0.3, -0.25) is 0 Å². The molecule has 0 amide bonds. The van der Waals surface area contributed by atoms with Gasteiger partial charge in [-0.05, 0) is 83.9 Å². The second-order valence-corrected chi connectivity index (χ2v) is 8.44. The number of hydrogen-bond donors (Lipinski definition) is 0. The van der Waals surface area contributed by atoms with E-state index in [9.17, 15) is 0 Å². The number of nitrogens with zero attached hydrogens (tertiary/aromatic N) is 3. The third-order valence-corrected chi connectivity index (χ3v) is 6.15. The van der Waals surface area contributed by atoms with Crippen LogP contribution in [-0.2, 0) is 0 Å². The van der Waals surface area contributed by atoms with Gasteiger partial charge in [0.05, 0.1) is 11.6 Å². The second kappa shape index (κ2) is 9.25. The fraction of sp³-hybridized carbons (Fsp3) is 0.